The van der Waals surface area contributed by atoms with Crippen LogP contribution in [0.3, 0.4) is 0 Å². The van der Waals surface area contributed by atoms with Gasteiger partial charge in [0.05, 0.1) is 10.6 Å². The minimum atomic E-state index is -3.62. The summed E-state index contributed by atoms with van der Waals surface area (Å²) < 4.78 is 30.5. The molecule has 0 saturated carbocycles. The van der Waals surface area contributed by atoms with Gasteiger partial charge in [-0.3, -0.25) is 14.4 Å². The number of sulfonamides is 1. The SMILES string of the molecule is CC(=O)Nc1ccc(S(=O)(=O)NCC2CC3CCN2CC3c2cc(-c3ccccc3)nn2C)cc1. The number of amides is 1. The first-order chi connectivity index (χ1) is 16.8. The molecule has 4 atom stereocenters. The largest absolute Gasteiger partial charge is 0.326 e. The van der Waals surface area contributed by atoms with Crippen LogP contribution in [-0.4, -0.2) is 54.7 Å². The van der Waals surface area contributed by atoms with Crippen molar-refractivity contribution in [2.24, 2.45) is 13.0 Å². The number of rotatable bonds is 7. The lowest BCUT2D eigenvalue weighted by Gasteiger charge is -2.49. The quantitative estimate of drug-likeness (QED) is 0.527. The molecule has 3 fully saturated rings. The zero-order valence-electron chi connectivity index (χ0n) is 20.0. The zero-order chi connectivity index (χ0) is 24.6. The Labute approximate surface area is 206 Å². The number of piperidine rings is 3. The van der Waals surface area contributed by atoms with Crippen LogP contribution < -0.4 is 10.0 Å². The maximum Gasteiger partial charge on any atom is 0.240 e. The molecule has 3 aromatic rings. The third-order valence-electron chi connectivity index (χ3n) is 7.24. The molecule has 0 radical (unpaired) electrons. The van der Waals surface area contributed by atoms with Gasteiger partial charge in [0.2, 0.25) is 15.9 Å². The molecule has 2 N–H and O–H groups in total. The second kappa shape index (κ2) is 9.56. The van der Waals surface area contributed by atoms with E-state index in [1.54, 1.807) is 12.1 Å². The normalized spacial score (nSPS) is 23.8. The van der Waals surface area contributed by atoms with E-state index >= 15 is 0 Å². The van der Waals surface area contributed by atoms with E-state index in [0.717, 1.165) is 37.2 Å². The van der Waals surface area contributed by atoms with Crippen molar-refractivity contribution in [3.05, 3.63) is 66.4 Å². The van der Waals surface area contributed by atoms with Gasteiger partial charge < -0.3 is 5.32 Å². The summed E-state index contributed by atoms with van der Waals surface area (Å²) in [6.45, 7) is 3.71. The molecule has 1 aromatic heterocycles. The molecule has 6 rings (SSSR count). The first-order valence-corrected chi connectivity index (χ1v) is 13.5. The Morgan fingerprint density at radius 2 is 1.86 bits per heavy atom. The summed E-state index contributed by atoms with van der Waals surface area (Å²) in [5, 5.41) is 7.42. The van der Waals surface area contributed by atoms with Crippen LogP contribution in [0, 0.1) is 5.92 Å². The van der Waals surface area contributed by atoms with Gasteiger partial charge in [0.25, 0.3) is 0 Å². The molecular weight excluding hydrogens is 462 g/mol. The van der Waals surface area contributed by atoms with Gasteiger partial charge in [-0.05, 0) is 55.6 Å². The van der Waals surface area contributed by atoms with Crippen LogP contribution in [0.25, 0.3) is 11.3 Å². The monoisotopic (exact) mass is 493 g/mol. The Morgan fingerprint density at radius 1 is 1.11 bits per heavy atom. The van der Waals surface area contributed by atoms with Gasteiger partial charge in [-0.2, -0.15) is 5.10 Å². The number of hydrogen-bond donors (Lipinski definition) is 2. The maximum absolute atomic E-state index is 12.9. The number of nitrogens with one attached hydrogen (secondary N) is 2. The van der Waals surface area contributed by atoms with Crippen molar-refractivity contribution < 1.29 is 13.2 Å². The first-order valence-electron chi connectivity index (χ1n) is 12.0. The number of hydrogen-bond acceptors (Lipinski definition) is 5. The third kappa shape index (κ3) is 5.03. The summed E-state index contributed by atoms with van der Waals surface area (Å²) in [7, 11) is -1.61. The van der Waals surface area contributed by atoms with Gasteiger partial charge in [-0.25, -0.2) is 13.1 Å². The van der Waals surface area contributed by atoms with E-state index in [1.807, 2.05) is 29.9 Å². The molecule has 3 aliphatic heterocycles. The number of carbonyl (C=O) groups is 1. The van der Waals surface area contributed by atoms with E-state index < -0.39 is 10.0 Å². The fourth-order valence-corrected chi connectivity index (χ4v) is 6.55. The minimum absolute atomic E-state index is 0.181. The summed E-state index contributed by atoms with van der Waals surface area (Å²) in [5.41, 5.74) is 3.93. The predicted octanol–water partition coefficient (Wildman–Crippen LogP) is 3.20. The molecule has 8 nitrogen and oxygen atoms in total. The molecule has 1 amide bonds. The van der Waals surface area contributed by atoms with Gasteiger partial charge in [0, 0.05) is 56.0 Å². The number of fused-ring (bicyclic) bond motifs is 3. The summed E-state index contributed by atoms with van der Waals surface area (Å²) in [6, 6.07) is 18.9. The number of anilines is 1. The molecule has 2 aromatic carbocycles. The summed E-state index contributed by atoms with van der Waals surface area (Å²) in [5.74, 6) is 0.708. The van der Waals surface area contributed by atoms with Gasteiger partial charge in [-0.1, -0.05) is 30.3 Å². The Morgan fingerprint density at radius 3 is 2.51 bits per heavy atom. The van der Waals surface area contributed by atoms with E-state index in [4.69, 9.17) is 5.10 Å². The Balaban J connectivity index is 1.24. The second-order valence-electron chi connectivity index (χ2n) is 9.54. The highest BCUT2D eigenvalue weighted by Gasteiger charge is 2.42. The van der Waals surface area contributed by atoms with Crippen molar-refractivity contribution in [1.29, 1.82) is 0 Å². The molecule has 4 heterocycles. The molecule has 35 heavy (non-hydrogen) atoms. The van der Waals surface area contributed by atoms with E-state index in [-0.39, 0.29) is 16.8 Å². The fourth-order valence-electron chi connectivity index (χ4n) is 5.47. The third-order valence-corrected chi connectivity index (χ3v) is 8.68. The lowest BCUT2D eigenvalue weighted by molar-refractivity contribution is -0.114. The number of nitrogens with zero attached hydrogens (tertiary/aromatic N) is 3. The predicted molar refractivity (Wildman–Crippen MR) is 135 cm³/mol. The average Bonchev–Trinajstić information content (AvgIpc) is 3.25. The van der Waals surface area contributed by atoms with Crippen LogP contribution in [0.5, 0.6) is 0 Å². The van der Waals surface area contributed by atoms with Gasteiger partial charge in [0.1, 0.15) is 0 Å². The molecule has 3 saturated heterocycles. The van der Waals surface area contributed by atoms with E-state index in [0.29, 0.717) is 24.1 Å². The highest BCUT2D eigenvalue weighted by molar-refractivity contribution is 7.89. The Bertz CT molecular complexity index is 1300. The summed E-state index contributed by atoms with van der Waals surface area (Å²) in [6.07, 6.45) is 2.07. The van der Waals surface area contributed by atoms with Gasteiger partial charge in [0.15, 0.2) is 0 Å². The van der Waals surface area contributed by atoms with Crippen LogP contribution in [0.1, 0.15) is 31.4 Å². The standard InChI is InChI=1S/C26H31N5O3S/c1-18(32)28-21-8-10-23(11-9-21)35(33,34)27-16-22-14-20-12-13-31(22)17-24(20)26-15-25(29-30(26)2)19-6-4-3-5-7-19/h3-11,15,20,22,24,27H,12-14,16-17H2,1-2H3,(H,28,32). The molecule has 3 aliphatic rings. The highest BCUT2D eigenvalue weighted by atomic mass is 32.2. The van der Waals surface area contributed by atoms with Crippen molar-refractivity contribution in [1.82, 2.24) is 19.4 Å². The molecule has 2 bridgehead atoms. The lowest BCUT2D eigenvalue weighted by atomic mass is 9.74. The van der Waals surface area contributed by atoms with E-state index in [2.05, 4.69) is 33.1 Å². The van der Waals surface area contributed by atoms with Gasteiger partial charge in [-0.15, -0.1) is 0 Å². The first kappa shape index (κ1) is 23.7. The number of aryl methyl sites for hydroxylation is 1. The second-order valence-corrected chi connectivity index (χ2v) is 11.3. The van der Waals surface area contributed by atoms with Crippen molar-refractivity contribution in [2.45, 2.75) is 36.6 Å². The Hall–Kier alpha value is -3.01. The summed E-state index contributed by atoms with van der Waals surface area (Å²) >= 11 is 0. The number of carbonyl (C=O) groups excluding carboxylic acids is 1. The van der Waals surface area contributed by atoms with Crippen molar-refractivity contribution in [2.75, 3.05) is 25.0 Å². The smallest absolute Gasteiger partial charge is 0.240 e. The Kier molecular flexibility index (Phi) is 6.48. The highest BCUT2D eigenvalue weighted by Crippen LogP contribution is 2.42. The molecule has 184 valence electrons. The molecule has 4 unspecified atom stereocenters. The average molecular weight is 494 g/mol. The number of aromatic nitrogens is 2. The maximum atomic E-state index is 12.9. The zero-order valence-corrected chi connectivity index (χ0v) is 20.8. The minimum Gasteiger partial charge on any atom is -0.326 e. The molecule has 0 aliphatic carbocycles. The van der Waals surface area contributed by atoms with Crippen molar-refractivity contribution in [3.8, 4) is 11.3 Å². The van der Waals surface area contributed by atoms with Crippen LogP contribution in [0.2, 0.25) is 0 Å². The van der Waals surface area contributed by atoms with E-state index in [9.17, 15) is 13.2 Å². The van der Waals surface area contributed by atoms with Crippen LogP contribution in [-0.2, 0) is 21.9 Å². The van der Waals surface area contributed by atoms with Crippen LogP contribution >= 0.6 is 0 Å². The lowest BCUT2D eigenvalue weighted by Crippen LogP contribution is -2.56. The van der Waals surface area contributed by atoms with Crippen molar-refractivity contribution >= 4 is 21.6 Å². The van der Waals surface area contributed by atoms with E-state index in [1.165, 1.54) is 24.8 Å². The fraction of sp³-hybridized carbons (Fsp3) is 0.385. The molecular formula is C26H31N5O3S. The topological polar surface area (TPSA) is 96.3 Å². The number of benzene rings is 2. The molecule has 0 spiro atoms. The summed E-state index contributed by atoms with van der Waals surface area (Å²) in [4.78, 5) is 13.8. The van der Waals surface area contributed by atoms with Crippen LogP contribution in [0.4, 0.5) is 5.69 Å². The van der Waals surface area contributed by atoms with Gasteiger partial charge >= 0.3 is 0 Å². The van der Waals surface area contributed by atoms with Crippen molar-refractivity contribution in [3.63, 3.8) is 0 Å². The van der Waals surface area contributed by atoms with Crippen LogP contribution in [0.15, 0.2) is 65.6 Å². The molecule has 9 heteroatoms.